The monoisotopic (exact) mass is 317 g/mol. The molecule has 1 aromatic heterocycles. The Kier molecular flexibility index (Phi) is 4.12. The lowest BCUT2D eigenvalue weighted by Gasteiger charge is -2.17. The Morgan fingerprint density at radius 1 is 1.45 bits per heavy atom. The minimum atomic E-state index is -3.74. The van der Waals surface area contributed by atoms with Crippen LogP contribution in [0.2, 0.25) is 5.02 Å². The summed E-state index contributed by atoms with van der Waals surface area (Å²) in [5.41, 5.74) is 0.567. The van der Waals surface area contributed by atoms with Crippen molar-refractivity contribution in [2.45, 2.75) is 18.4 Å². The van der Waals surface area contributed by atoms with Gasteiger partial charge in [0.2, 0.25) is 10.0 Å². The number of benzene rings is 1. The summed E-state index contributed by atoms with van der Waals surface area (Å²) in [7, 11) is -2.38. The van der Waals surface area contributed by atoms with Crippen LogP contribution in [0.25, 0.3) is 0 Å². The van der Waals surface area contributed by atoms with Crippen molar-refractivity contribution < 1.29 is 12.8 Å². The molecule has 0 unspecified atom stereocenters. The number of sulfonamides is 1. The lowest BCUT2D eigenvalue weighted by atomic mass is 10.2. The Bertz CT molecular complexity index is 710. The van der Waals surface area contributed by atoms with Gasteiger partial charge < -0.3 is 0 Å². The van der Waals surface area contributed by atoms with Gasteiger partial charge in [-0.2, -0.15) is 9.40 Å². The van der Waals surface area contributed by atoms with Crippen LogP contribution >= 0.6 is 11.6 Å². The Balaban J connectivity index is 2.33. The molecule has 0 radical (unpaired) electrons. The third-order valence-corrected chi connectivity index (χ3v) is 5.19. The number of halogens is 2. The summed E-state index contributed by atoms with van der Waals surface area (Å²) < 4.78 is 39.4. The normalized spacial score (nSPS) is 12.1. The third-order valence-electron chi connectivity index (χ3n) is 2.91. The summed E-state index contributed by atoms with van der Waals surface area (Å²) in [5.74, 6) is -0.538. The number of aryl methyl sites for hydroxylation is 1. The quantitative estimate of drug-likeness (QED) is 0.941. The van der Waals surface area contributed by atoms with Crippen LogP contribution in [0.1, 0.15) is 11.3 Å². The number of hydrogen-bond donors (Lipinski definition) is 1. The topological polar surface area (TPSA) is 66.1 Å². The van der Waals surface area contributed by atoms with E-state index < -0.39 is 15.8 Å². The predicted octanol–water partition coefficient (Wildman–Crippen LogP) is 2.33. The molecule has 0 aliphatic carbocycles. The summed E-state index contributed by atoms with van der Waals surface area (Å²) in [4.78, 5) is 0.0625. The molecule has 108 valence electrons. The van der Waals surface area contributed by atoms with Crippen LogP contribution in [-0.2, 0) is 16.6 Å². The number of aromatic nitrogens is 2. The molecule has 0 aliphatic rings. The zero-order valence-electron chi connectivity index (χ0n) is 10.9. The van der Waals surface area contributed by atoms with E-state index in [0.717, 1.165) is 4.31 Å². The fourth-order valence-corrected chi connectivity index (χ4v) is 3.23. The van der Waals surface area contributed by atoms with E-state index in [0.29, 0.717) is 5.69 Å². The first kappa shape index (κ1) is 15.0. The fraction of sp³-hybridized carbons (Fsp3) is 0.250. The van der Waals surface area contributed by atoms with Crippen LogP contribution < -0.4 is 0 Å². The van der Waals surface area contributed by atoms with Crippen molar-refractivity contribution in [3.63, 3.8) is 0 Å². The number of nitrogens with one attached hydrogen (secondary N) is 1. The van der Waals surface area contributed by atoms with Crippen LogP contribution in [0.4, 0.5) is 4.39 Å². The van der Waals surface area contributed by atoms with Gasteiger partial charge in [-0.05, 0) is 19.1 Å². The summed E-state index contributed by atoms with van der Waals surface area (Å²) >= 11 is 5.90. The van der Waals surface area contributed by atoms with Gasteiger partial charge in [0, 0.05) is 24.2 Å². The molecule has 1 heterocycles. The Hall–Kier alpha value is -1.44. The average molecular weight is 318 g/mol. The lowest BCUT2D eigenvalue weighted by Crippen LogP contribution is -2.27. The summed E-state index contributed by atoms with van der Waals surface area (Å²) in [6.45, 7) is 1.45. The first-order valence-electron chi connectivity index (χ1n) is 5.73. The molecule has 5 nitrogen and oxygen atoms in total. The minimum Gasteiger partial charge on any atom is -0.281 e. The van der Waals surface area contributed by atoms with Crippen LogP contribution in [0, 0.1) is 12.7 Å². The number of hydrogen-bond acceptors (Lipinski definition) is 3. The summed E-state index contributed by atoms with van der Waals surface area (Å²) in [5, 5.41) is 6.43. The van der Waals surface area contributed by atoms with Crippen molar-refractivity contribution in [1.29, 1.82) is 0 Å². The molecule has 0 spiro atoms. The Morgan fingerprint density at radius 3 is 2.70 bits per heavy atom. The fourth-order valence-electron chi connectivity index (χ4n) is 1.76. The molecule has 0 amide bonds. The van der Waals surface area contributed by atoms with Crippen molar-refractivity contribution in [2.75, 3.05) is 7.05 Å². The molecule has 0 saturated heterocycles. The largest absolute Gasteiger partial charge is 0.281 e. The van der Waals surface area contributed by atoms with Gasteiger partial charge in [0.25, 0.3) is 0 Å². The zero-order chi connectivity index (χ0) is 14.9. The Morgan fingerprint density at radius 2 is 2.15 bits per heavy atom. The summed E-state index contributed by atoms with van der Waals surface area (Å²) in [6.07, 6.45) is 1.23. The van der Waals surface area contributed by atoms with Crippen molar-refractivity contribution in [3.05, 3.63) is 46.5 Å². The van der Waals surface area contributed by atoms with Gasteiger partial charge in [0.1, 0.15) is 10.7 Å². The Labute approximate surface area is 121 Å². The highest BCUT2D eigenvalue weighted by molar-refractivity contribution is 7.89. The van der Waals surface area contributed by atoms with Gasteiger partial charge in [-0.25, -0.2) is 12.8 Å². The second-order valence-corrected chi connectivity index (χ2v) is 6.74. The predicted molar refractivity (Wildman–Crippen MR) is 73.4 cm³/mol. The number of nitrogens with zero attached hydrogens (tertiary/aromatic N) is 2. The van der Waals surface area contributed by atoms with Gasteiger partial charge in [-0.15, -0.1) is 0 Å². The highest BCUT2D eigenvalue weighted by Crippen LogP contribution is 2.24. The molecule has 20 heavy (non-hydrogen) atoms. The van der Waals surface area contributed by atoms with E-state index in [1.54, 1.807) is 6.92 Å². The molecule has 0 saturated carbocycles. The van der Waals surface area contributed by atoms with Crippen molar-refractivity contribution >= 4 is 21.6 Å². The van der Waals surface area contributed by atoms with Crippen LogP contribution in [-0.4, -0.2) is 30.0 Å². The van der Waals surface area contributed by atoms with Gasteiger partial charge in [-0.1, -0.05) is 17.7 Å². The van der Waals surface area contributed by atoms with Crippen molar-refractivity contribution in [3.8, 4) is 0 Å². The number of rotatable bonds is 4. The van der Waals surface area contributed by atoms with E-state index in [1.807, 2.05) is 0 Å². The number of H-pyrrole nitrogens is 1. The number of aromatic amines is 1. The van der Waals surface area contributed by atoms with Gasteiger partial charge in [0.15, 0.2) is 0 Å². The van der Waals surface area contributed by atoms with E-state index in [9.17, 15) is 12.8 Å². The van der Waals surface area contributed by atoms with Gasteiger partial charge in [0.05, 0.1) is 11.9 Å². The highest BCUT2D eigenvalue weighted by atomic mass is 35.5. The van der Waals surface area contributed by atoms with Crippen LogP contribution in [0.15, 0.2) is 29.3 Å². The van der Waals surface area contributed by atoms with Crippen LogP contribution in [0.3, 0.4) is 0 Å². The zero-order valence-corrected chi connectivity index (χ0v) is 12.5. The second-order valence-electron chi connectivity index (χ2n) is 4.32. The van der Waals surface area contributed by atoms with E-state index in [4.69, 9.17) is 11.6 Å². The molecule has 2 aromatic rings. The molecule has 0 aliphatic heterocycles. The standard InChI is InChI=1S/C12H13ClFN3O2S/c1-8-12(6-15-16-8)20(18,19)17(2)7-9-10(13)4-3-5-11(9)14/h3-6H,7H2,1-2H3,(H,15,16). The molecule has 0 fully saturated rings. The smallest absolute Gasteiger partial charge is 0.246 e. The van der Waals surface area contributed by atoms with E-state index in [-0.39, 0.29) is 22.0 Å². The van der Waals surface area contributed by atoms with Crippen molar-refractivity contribution in [1.82, 2.24) is 14.5 Å². The molecular weight excluding hydrogens is 305 g/mol. The maximum atomic E-state index is 13.7. The van der Waals surface area contributed by atoms with Gasteiger partial charge in [-0.3, -0.25) is 5.10 Å². The maximum Gasteiger partial charge on any atom is 0.246 e. The molecule has 1 aromatic carbocycles. The molecular formula is C12H13ClFN3O2S. The first-order valence-corrected chi connectivity index (χ1v) is 7.55. The minimum absolute atomic E-state index is 0.0625. The molecule has 2 rings (SSSR count). The van der Waals surface area contributed by atoms with Crippen LogP contribution in [0.5, 0.6) is 0 Å². The SMILES string of the molecule is Cc1[nH]ncc1S(=O)(=O)N(C)Cc1c(F)cccc1Cl. The average Bonchev–Trinajstić information content (AvgIpc) is 2.80. The first-order chi connectivity index (χ1) is 9.34. The van der Waals surface area contributed by atoms with E-state index >= 15 is 0 Å². The van der Waals surface area contributed by atoms with E-state index in [1.165, 1.54) is 31.4 Å². The second kappa shape index (κ2) is 5.51. The maximum absolute atomic E-state index is 13.7. The molecule has 0 atom stereocenters. The molecule has 0 bridgehead atoms. The lowest BCUT2D eigenvalue weighted by molar-refractivity contribution is 0.456. The molecule has 1 N–H and O–H groups in total. The van der Waals surface area contributed by atoms with Crippen molar-refractivity contribution in [2.24, 2.45) is 0 Å². The molecule has 8 heteroatoms. The highest BCUT2D eigenvalue weighted by Gasteiger charge is 2.25. The van der Waals surface area contributed by atoms with Gasteiger partial charge >= 0.3 is 0 Å². The van der Waals surface area contributed by atoms with E-state index in [2.05, 4.69) is 10.2 Å². The third kappa shape index (κ3) is 2.70. The summed E-state index contributed by atoms with van der Waals surface area (Å²) in [6, 6.07) is 4.23.